The molecule has 0 saturated heterocycles. The average Bonchev–Trinajstić information content (AvgIpc) is 3.02. The normalized spacial score (nSPS) is 38.1. The van der Waals surface area contributed by atoms with E-state index in [-0.39, 0.29) is 22.9 Å². The molecule has 0 amide bonds. The number of aliphatic hydroxyl groups excluding tert-OH is 1. The molecule has 0 radical (unpaired) electrons. The van der Waals surface area contributed by atoms with Crippen LogP contribution in [0.1, 0.15) is 110 Å². The fourth-order valence-electron chi connectivity index (χ4n) is 8.08. The number of rotatable bonds is 2. The predicted molar refractivity (Wildman–Crippen MR) is 149 cm³/mol. The molecule has 4 aliphatic carbocycles. The molecular formula is C34H46O2. The number of allylic oxidation sites excluding steroid dienone is 3. The van der Waals surface area contributed by atoms with E-state index in [0.717, 1.165) is 38.5 Å². The molecule has 0 spiro atoms. The number of benzene rings is 1. The maximum Gasteiger partial charge on any atom is 0.133 e. The number of aliphatic hydroxyl groups is 2. The second-order valence-corrected chi connectivity index (χ2v) is 13.9. The average molecular weight is 487 g/mol. The van der Waals surface area contributed by atoms with Gasteiger partial charge < -0.3 is 10.2 Å². The molecule has 2 nitrogen and oxygen atoms in total. The van der Waals surface area contributed by atoms with E-state index in [4.69, 9.17) is 0 Å². The molecule has 1 aromatic rings. The van der Waals surface area contributed by atoms with Gasteiger partial charge in [0.15, 0.2) is 0 Å². The van der Waals surface area contributed by atoms with E-state index in [2.05, 4.69) is 90.6 Å². The van der Waals surface area contributed by atoms with E-state index in [1.807, 2.05) is 0 Å². The number of fused-ring (bicyclic) bond motifs is 4. The fraction of sp³-hybridized carbons (Fsp3) is 0.647. The lowest BCUT2D eigenvalue weighted by Crippen LogP contribution is -2.52. The van der Waals surface area contributed by atoms with Gasteiger partial charge in [0.25, 0.3) is 0 Å². The molecule has 0 aromatic heterocycles. The van der Waals surface area contributed by atoms with Gasteiger partial charge in [-0.25, -0.2) is 0 Å². The Kier molecular flexibility index (Phi) is 6.37. The molecule has 2 saturated carbocycles. The second kappa shape index (κ2) is 8.89. The first-order valence-corrected chi connectivity index (χ1v) is 14.3. The Morgan fingerprint density at radius 2 is 1.75 bits per heavy atom. The van der Waals surface area contributed by atoms with Crippen molar-refractivity contribution in [2.75, 3.05) is 0 Å². The lowest BCUT2D eigenvalue weighted by molar-refractivity contribution is -0.0673. The van der Waals surface area contributed by atoms with Gasteiger partial charge in [0.2, 0.25) is 0 Å². The first-order chi connectivity index (χ1) is 16.8. The summed E-state index contributed by atoms with van der Waals surface area (Å²) in [7, 11) is 0. The van der Waals surface area contributed by atoms with Crippen LogP contribution in [0.15, 0.2) is 47.1 Å². The van der Waals surface area contributed by atoms with E-state index in [9.17, 15) is 10.2 Å². The van der Waals surface area contributed by atoms with E-state index < -0.39 is 5.60 Å². The third kappa shape index (κ3) is 4.12. The monoisotopic (exact) mass is 486 g/mol. The zero-order valence-corrected chi connectivity index (χ0v) is 23.5. The Bertz CT molecular complexity index is 1130. The van der Waals surface area contributed by atoms with Crippen LogP contribution in [0.3, 0.4) is 0 Å². The number of hydrogen-bond acceptors (Lipinski definition) is 2. The smallest absolute Gasteiger partial charge is 0.133 e. The Balaban J connectivity index is 1.67. The van der Waals surface area contributed by atoms with Gasteiger partial charge in [-0.2, -0.15) is 0 Å². The SMILES string of the molecule is CC(C)c1ccc([C@H]2C[C@@]3(C)[C@@H](C[C@@H](C)[C@@]3(O)C#CC(C)(C)C)[C@@H]3CCC4=CC(O)CCC4=C32)cc1. The first-order valence-electron chi connectivity index (χ1n) is 14.3. The van der Waals surface area contributed by atoms with Gasteiger partial charge in [0, 0.05) is 16.7 Å². The Morgan fingerprint density at radius 1 is 1.06 bits per heavy atom. The van der Waals surface area contributed by atoms with Crippen LogP contribution >= 0.6 is 0 Å². The summed E-state index contributed by atoms with van der Waals surface area (Å²) >= 11 is 0. The van der Waals surface area contributed by atoms with Crippen LogP contribution in [0.4, 0.5) is 0 Å². The largest absolute Gasteiger partial charge is 0.389 e. The molecule has 7 atom stereocenters. The molecule has 2 fully saturated rings. The maximum absolute atomic E-state index is 12.4. The second-order valence-electron chi connectivity index (χ2n) is 13.9. The van der Waals surface area contributed by atoms with Crippen molar-refractivity contribution in [2.24, 2.45) is 28.6 Å². The van der Waals surface area contributed by atoms with Crippen molar-refractivity contribution in [3.05, 3.63) is 58.2 Å². The molecule has 2 heteroatoms. The molecule has 194 valence electrons. The van der Waals surface area contributed by atoms with E-state index >= 15 is 0 Å². The molecule has 4 aliphatic rings. The topological polar surface area (TPSA) is 40.5 Å². The highest BCUT2D eigenvalue weighted by molar-refractivity contribution is 5.50. The van der Waals surface area contributed by atoms with Crippen LogP contribution in [0, 0.1) is 40.4 Å². The highest BCUT2D eigenvalue weighted by atomic mass is 16.3. The zero-order valence-electron chi connectivity index (χ0n) is 23.5. The standard InChI is InChI=1S/C34H46O2/c1-21(2)23-8-10-24(11-9-23)29-20-33(7)30(18-22(3)34(33,36)17-16-32(4,5)6)28-14-12-25-19-26(35)13-15-27(25)31(28)29/h8-11,19,21-22,26,28-30,35-36H,12-15,18,20H2,1-7H3/t22-,26?,28+,29-,30+,33+,34+/m1/s1. The van der Waals surface area contributed by atoms with Crippen molar-refractivity contribution < 1.29 is 10.2 Å². The van der Waals surface area contributed by atoms with E-state index in [1.165, 1.54) is 22.3 Å². The van der Waals surface area contributed by atoms with Crippen LogP contribution in [-0.4, -0.2) is 21.9 Å². The van der Waals surface area contributed by atoms with Crippen molar-refractivity contribution in [2.45, 2.75) is 111 Å². The van der Waals surface area contributed by atoms with Gasteiger partial charge in [-0.1, -0.05) is 75.5 Å². The summed E-state index contributed by atoms with van der Waals surface area (Å²) in [5.41, 5.74) is 5.93. The maximum atomic E-state index is 12.4. The highest BCUT2D eigenvalue weighted by Gasteiger charge is 2.65. The Hall–Kier alpha value is -1.82. The minimum absolute atomic E-state index is 0.134. The summed E-state index contributed by atoms with van der Waals surface area (Å²) in [6.07, 6.45) is 7.78. The fourth-order valence-corrected chi connectivity index (χ4v) is 8.08. The lowest BCUT2D eigenvalue weighted by atomic mass is 9.51. The summed E-state index contributed by atoms with van der Waals surface area (Å²) in [5, 5.41) is 22.8. The molecule has 0 bridgehead atoms. The van der Waals surface area contributed by atoms with Crippen molar-refractivity contribution in [1.82, 2.24) is 0 Å². The molecule has 1 aromatic carbocycles. The van der Waals surface area contributed by atoms with E-state index in [0.29, 0.717) is 23.7 Å². The van der Waals surface area contributed by atoms with Gasteiger partial charge in [-0.05, 0) is 105 Å². The minimum atomic E-state index is -0.976. The quantitative estimate of drug-likeness (QED) is 0.424. The third-order valence-corrected chi connectivity index (χ3v) is 10.1. The predicted octanol–water partition coefficient (Wildman–Crippen LogP) is 7.53. The molecular weight excluding hydrogens is 440 g/mol. The van der Waals surface area contributed by atoms with Crippen molar-refractivity contribution in [3.8, 4) is 11.8 Å². The summed E-state index contributed by atoms with van der Waals surface area (Å²) in [4.78, 5) is 0. The van der Waals surface area contributed by atoms with E-state index in [1.54, 1.807) is 5.57 Å². The van der Waals surface area contributed by atoms with Gasteiger partial charge in [0.05, 0.1) is 6.10 Å². The van der Waals surface area contributed by atoms with Crippen molar-refractivity contribution in [3.63, 3.8) is 0 Å². The van der Waals surface area contributed by atoms with Crippen molar-refractivity contribution in [1.29, 1.82) is 0 Å². The Labute approximate surface area is 219 Å². The van der Waals surface area contributed by atoms with Gasteiger partial charge in [-0.3, -0.25) is 0 Å². The number of hydrogen-bond donors (Lipinski definition) is 2. The molecule has 2 N–H and O–H groups in total. The third-order valence-electron chi connectivity index (χ3n) is 10.1. The van der Waals surface area contributed by atoms with Crippen LogP contribution in [-0.2, 0) is 0 Å². The molecule has 0 heterocycles. The molecule has 0 aliphatic heterocycles. The highest BCUT2D eigenvalue weighted by Crippen LogP contribution is 2.68. The first kappa shape index (κ1) is 25.8. The summed E-state index contributed by atoms with van der Waals surface area (Å²) < 4.78 is 0. The summed E-state index contributed by atoms with van der Waals surface area (Å²) in [6, 6.07) is 9.31. The minimum Gasteiger partial charge on any atom is -0.389 e. The Morgan fingerprint density at radius 3 is 2.39 bits per heavy atom. The molecule has 1 unspecified atom stereocenters. The lowest BCUT2D eigenvalue weighted by Gasteiger charge is -2.54. The summed E-state index contributed by atoms with van der Waals surface area (Å²) in [6.45, 7) is 15.5. The zero-order chi connectivity index (χ0) is 26.0. The van der Waals surface area contributed by atoms with Crippen LogP contribution < -0.4 is 0 Å². The van der Waals surface area contributed by atoms with Gasteiger partial charge in [-0.15, -0.1) is 0 Å². The molecule has 36 heavy (non-hydrogen) atoms. The van der Waals surface area contributed by atoms with Crippen molar-refractivity contribution >= 4 is 0 Å². The van der Waals surface area contributed by atoms with Crippen LogP contribution in [0.25, 0.3) is 0 Å². The summed E-state index contributed by atoms with van der Waals surface area (Å²) in [5.74, 6) is 8.80. The molecule has 5 rings (SSSR count). The van der Waals surface area contributed by atoms with Gasteiger partial charge >= 0.3 is 0 Å². The van der Waals surface area contributed by atoms with Gasteiger partial charge in [0.1, 0.15) is 5.60 Å². The van der Waals surface area contributed by atoms with Crippen LogP contribution in [0.2, 0.25) is 0 Å². The van der Waals surface area contributed by atoms with Crippen LogP contribution in [0.5, 0.6) is 0 Å².